The molecule has 0 aliphatic heterocycles. The molecule has 0 aliphatic rings. The highest BCUT2D eigenvalue weighted by molar-refractivity contribution is 8.76. The number of hydrogen-bond donors (Lipinski definition) is 2. The van der Waals surface area contributed by atoms with E-state index in [0.717, 1.165) is 44.8 Å². The molecular weight excluding hydrogens is 593 g/mol. The Morgan fingerprint density at radius 1 is 0.537 bits per heavy atom. The fourth-order valence-corrected chi connectivity index (χ4v) is 6.23. The minimum Gasteiger partial charge on any atom is -0.759 e. The van der Waals surface area contributed by atoms with Crippen molar-refractivity contribution in [3.8, 4) is 22.8 Å². The fourth-order valence-electron chi connectivity index (χ4n) is 3.85. The average molecular weight is 621 g/mol. The van der Waals surface area contributed by atoms with E-state index in [9.17, 15) is 0 Å². The molecule has 6 rings (SSSR count). The summed E-state index contributed by atoms with van der Waals surface area (Å²) >= 11 is 0. The van der Waals surface area contributed by atoms with Gasteiger partial charge in [-0.3, -0.25) is 8.42 Å². The van der Waals surface area contributed by atoms with Gasteiger partial charge in [-0.15, -0.1) is 0 Å². The van der Waals surface area contributed by atoms with Gasteiger partial charge in [0.05, 0.1) is 11.1 Å². The number of aromatic nitrogens is 4. The second kappa shape index (κ2) is 15.3. The van der Waals surface area contributed by atoms with E-state index < -0.39 is 10.4 Å². The van der Waals surface area contributed by atoms with Gasteiger partial charge in [0, 0.05) is 20.2 Å². The van der Waals surface area contributed by atoms with Crippen LogP contribution in [0.1, 0.15) is 0 Å². The molecule has 6 aromatic rings. The number of benzene rings is 4. The van der Waals surface area contributed by atoms with Gasteiger partial charge in [-0.05, 0) is 48.5 Å². The zero-order valence-corrected chi connectivity index (χ0v) is 23.5. The van der Waals surface area contributed by atoms with Gasteiger partial charge in [-0.2, -0.15) is 0 Å². The monoisotopic (exact) mass is 620 g/mol. The number of para-hydroxylation sites is 4. The number of aromatic amines is 4. The van der Waals surface area contributed by atoms with E-state index in [2.05, 4.69) is 92.7 Å². The second-order valence-electron chi connectivity index (χ2n) is 7.91. The summed E-state index contributed by atoms with van der Waals surface area (Å²) in [5.41, 5.74) is 6.75. The first-order valence-corrected chi connectivity index (χ1v) is 14.5. The molecule has 2 heterocycles. The summed E-state index contributed by atoms with van der Waals surface area (Å²) < 4.78 is 34.1. The summed E-state index contributed by atoms with van der Waals surface area (Å²) in [5.74, 6) is 2.04. The lowest BCUT2D eigenvalue weighted by Crippen LogP contribution is -2.03. The first kappa shape index (κ1) is 35.3. The smallest absolute Gasteiger partial charge is 0.286 e. The predicted octanol–water partition coefficient (Wildman–Crippen LogP) is 1.77. The van der Waals surface area contributed by atoms with Crippen molar-refractivity contribution in [2.75, 3.05) is 0 Å². The Balaban J connectivity index is 0.000000866. The van der Waals surface area contributed by atoms with Gasteiger partial charge >= 0.3 is 0 Å². The zero-order valence-electron chi connectivity index (χ0n) is 21.1. The summed E-state index contributed by atoms with van der Waals surface area (Å²) in [5, 5.41) is 0. The Labute approximate surface area is 242 Å². The molecule has 12 nitrogen and oxygen atoms in total. The van der Waals surface area contributed by atoms with Crippen LogP contribution in [-0.2, 0) is 10.4 Å². The van der Waals surface area contributed by atoms with Gasteiger partial charge < -0.3 is 31.0 Å². The summed E-state index contributed by atoms with van der Waals surface area (Å²) in [6, 6.07) is 33.5. The van der Waals surface area contributed by atoms with Crippen LogP contribution in [0.2, 0.25) is 0 Å². The highest BCUT2D eigenvalue weighted by Crippen LogP contribution is 2.44. The fraction of sp³-hybridized carbons (Fsp3) is 0. The summed E-state index contributed by atoms with van der Waals surface area (Å²) in [7, 11) is -1.63. The normalized spacial score (nSPS) is 10.3. The number of H-pyrrole nitrogens is 4. The molecule has 0 bridgehead atoms. The Kier molecular flexibility index (Phi) is 13.1. The molecular formula is C26H28N4O8S3. The first-order valence-electron chi connectivity index (χ1n) is 11.1. The molecule has 0 amide bonds. The van der Waals surface area contributed by atoms with Crippen LogP contribution >= 0.6 is 21.6 Å². The number of nitrogens with one attached hydrogen (secondary N) is 4. The third-order valence-corrected chi connectivity index (χ3v) is 7.91. The molecule has 0 unspecified atom stereocenters. The Morgan fingerprint density at radius 2 is 0.854 bits per heavy atom. The van der Waals surface area contributed by atoms with E-state index in [4.69, 9.17) is 17.5 Å². The number of fused-ring (bicyclic) bond motifs is 2. The van der Waals surface area contributed by atoms with Crippen LogP contribution in [0.15, 0.2) is 107 Å². The number of hydrogen-bond acceptors (Lipinski definition) is 6. The van der Waals surface area contributed by atoms with Gasteiger partial charge in [0.15, 0.2) is 22.1 Å². The van der Waals surface area contributed by atoms with Crippen molar-refractivity contribution >= 4 is 54.1 Å². The van der Waals surface area contributed by atoms with Crippen molar-refractivity contribution in [3.63, 3.8) is 0 Å². The zero-order chi connectivity index (χ0) is 25.8. The van der Waals surface area contributed by atoms with Crippen molar-refractivity contribution in [1.29, 1.82) is 0 Å². The van der Waals surface area contributed by atoms with Crippen molar-refractivity contribution in [1.82, 2.24) is 9.97 Å². The predicted molar refractivity (Wildman–Crippen MR) is 157 cm³/mol. The van der Waals surface area contributed by atoms with E-state index >= 15 is 0 Å². The van der Waals surface area contributed by atoms with Crippen LogP contribution in [0.25, 0.3) is 44.8 Å². The standard InChI is InChI=1S/C26H18N4S2.H2O4S.4H2O/c1-7-15-23(17(9-1)25-27-19-11-3-4-12-20(19)28-25)31-32-24-16-8-2-10-18(24)26-29-21-13-5-6-14-22(21)30-26;1-5(2,3)4;;;;/h1-16H,(H,27,28)(H,29,30);(H2,1,2,3,4);4*1H2. The van der Waals surface area contributed by atoms with Crippen LogP contribution in [0.3, 0.4) is 0 Å². The van der Waals surface area contributed by atoms with Crippen LogP contribution in [0.4, 0.5) is 0 Å². The van der Waals surface area contributed by atoms with Crippen molar-refractivity contribution in [2.24, 2.45) is 0 Å². The maximum atomic E-state index is 8.52. The Morgan fingerprint density at radius 3 is 1.22 bits per heavy atom. The third-order valence-electron chi connectivity index (χ3n) is 5.43. The number of rotatable bonds is 5. The quantitative estimate of drug-likeness (QED) is 0.164. The second-order valence-corrected chi connectivity index (χ2v) is 10.9. The lowest BCUT2D eigenvalue weighted by Gasteiger charge is -2.06. The van der Waals surface area contributed by atoms with E-state index in [0.29, 0.717) is 0 Å². The van der Waals surface area contributed by atoms with Crippen molar-refractivity contribution in [3.05, 3.63) is 97.1 Å². The SMILES string of the molecule is O.O.O.O.O=S(=O)([O-])[O-].c1ccc(-c2[nH]c3ccccc3[nH+]2)c(SSc2ccccc2-c2[nH]c3ccccc3[nH+]2)c1. The molecule has 12 N–H and O–H groups in total. The Hall–Kier alpha value is -3.77. The van der Waals surface area contributed by atoms with Crippen LogP contribution in [0.5, 0.6) is 0 Å². The molecule has 15 heteroatoms. The lowest BCUT2D eigenvalue weighted by atomic mass is 10.2. The molecule has 0 saturated heterocycles. The highest BCUT2D eigenvalue weighted by atomic mass is 33.1. The molecule has 4 aromatic carbocycles. The van der Waals surface area contributed by atoms with E-state index in [1.54, 1.807) is 21.6 Å². The molecule has 0 spiro atoms. The van der Waals surface area contributed by atoms with Crippen molar-refractivity contribution < 1.29 is 49.4 Å². The van der Waals surface area contributed by atoms with Gasteiger partial charge in [0.1, 0.15) is 0 Å². The summed E-state index contributed by atoms with van der Waals surface area (Å²) in [4.78, 5) is 16.5. The first-order chi connectivity index (χ1) is 17.8. The molecule has 0 fully saturated rings. The van der Waals surface area contributed by atoms with Crippen LogP contribution in [-0.4, -0.2) is 49.4 Å². The third kappa shape index (κ3) is 8.86. The maximum Gasteiger partial charge on any atom is 0.286 e. The van der Waals surface area contributed by atoms with Gasteiger partial charge in [-0.25, -0.2) is 19.9 Å². The minimum absolute atomic E-state index is 0. The molecule has 41 heavy (non-hydrogen) atoms. The van der Waals surface area contributed by atoms with E-state index in [1.807, 2.05) is 24.3 Å². The van der Waals surface area contributed by atoms with Crippen molar-refractivity contribution in [2.45, 2.75) is 9.79 Å². The van der Waals surface area contributed by atoms with Gasteiger partial charge in [-0.1, -0.05) is 70.1 Å². The molecule has 218 valence electrons. The lowest BCUT2D eigenvalue weighted by molar-refractivity contribution is -0.331. The maximum absolute atomic E-state index is 8.52. The average Bonchev–Trinajstić information content (AvgIpc) is 3.51. The van der Waals surface area contributed by atoms with Gasteiger partial charge in [0.25, 0.3) is 11.6 Å². The largest absolute Gasteiger partial charge is 0.759 e. The van der Waals surface area contributed by atoms with Crippen LogP contribution < -0.4 is 9.97 Å². The molecule has 0 atom stereocenters. The minimum atomic E-state index is -5.17. The molecule has 2 aromatic heterocycles. The summed E-state index contributed by atoms with van der Waals surface area (Å²) in [6.07, 6.45) is 0. The van der Waals surface area contributed by atoms with Gasteiger partial charge in [0.2, 0.25) is 0 Å². The molecule has 0 radical (unpaired) electrons. The van der Waals surface area contributed by atoms with E-state index in [1.165, 1.54) is 9.79 Å². The highest BCUT2D eigenvalue weighted by Gasteiger charge is 2.19. The number of imidazole rings is 2. The Bertz CT molecular complexity index is 1620. The molecule has 0 saturated carbocycles. The van der Waals surface area contributed by atoms with Crippen LogP contribution in [0, 0.1) is 0 Å². The summed E-state index contributed by atoms with van der Waals surface area (Å²) in [6.45, 7) is 0. The van der Waals surface area contributed by atoms with E-state index in [-0.39, 0.29) is 21.9 Å². The molecule has 0 aliphatic carbocycles. The topological polar surface area (TPSA) is 266 Å².